The van der Waals surface area contributed by atoms with Crippen LogP contribution < -0.4 is 4.74 Å². The van der Waals surface area contributed by atoms with Gasteiger partial charge in [-0.2, -0.15) is 5.10 Å². The fraction of sp³-hybridized carbons (Fsp3) is 0.357. The molecule has 0 spiro atoms. The van der Waals surface area contributed by atoms with E-state index in [1.807, 2.05) is 30.6 Å². The van der Waals surface area contributed by atoms with Crippen LogP contribution in [-0.4, -0.2) is 59.4 Å². The van der Waals surface area contributed by atoms with Gasteiger partial charge in [-0.05, 0) is 67.1 Å². The average Bonchev–Trinajstić information content (AvgIpc) is 3.27. The van der Waals surface area contributed by atoms with Gasteiger partial charge < -0.3 is 4.74 Å². The van der Waals surface area contributed by atoms with E-state index >= 15 is 0 Å². The van der Waals surface area contributed by atoms with Gasteiger partial charge in [-0.1, -0.05) is 31.2 Å². The Balaban J connectivity index is 1.20. The van der Waals surface area contributed by atoms with Gasteiger partial charge in [-0.3, -0.25) is 4.90 Å². The molecule has 6 rings (SSSR count). The second-order valence-corrected chi connectivity index (χ2v) is 12.4. The number of rotatable bonds is 7. The van der Waals surface area contributed by atoms with Crippen molar-refractivity contribution in [2.75, 3.05) is 25.9 Å². The minimum absolute atomic E-state index is 0.0219. The molecule has 1 saturated heterocycles. The van der Waals surface area contributed by atoms with Gasteiger partial charge in [0.2, 0.25) is 0 Å². The Kier molecular flexibility index (Phi) is 5.61. The molecule has 2 aromatic carbocycles. The van der Waals surface area contributed by atoms with Crippen molar-refractivity contribution in [1.29, 1.82) is 0 Å². The first-order chi connectivity index (χ1) is 17.3. The number of aromatic nitrogens is 3. The molecule has 186 valence electrons. The second-order valence-electron chi connectivity index (χ2n) is 10.4. The lowest BCUT2D eigenvalue weighted by molar-refractivity contribution is 0.124. The van der Waals surface area contributed by atoms with Crippen LogP contribution in [0, 0.1) is 5.92 Å². The van der Waals surface area contributed by atoms with Crippen LogP contribution in [0.25, 0.3) is 27.9 Å². The molecular weight excluding hydrogens is 472 g/mol. The molecule has 3 heterocycles. The van der Waals surface area contributed by atoms with Crippen LogP contribution in [0.3, 0.4) is 0 Å². The summed E-state index contributed by atoms with van der Waals surface area (Å²) in [5, 5.41) is 4.48. The standard InChI is InChI=1S/C28H30N4O3S/c1-20-10-13-31(17-20)19-28(11-12-28)35-24-8-6-21(7-9-24)23-15-29-27-26(16-30-32(27)18-23)22-4-3-5-25(14-22)36(2,33)34/h3-9,14-16,18,20H,10-13,17,19H2,1-2H3/t20-/m0/s1. The molecule has 0 bridgehead atoms. The van der Waals surface area contributed by atoms with Crippen LogP contribution in [0.15, 0.2) is 72.0 Å². The maximum absolute atomic E-state index is 12.0. The number of likely N-dealkylation sites (tertiary alicyclic amines) is 1. The van der Waals surface area contributed by atoms with Gasteiger partial charge in [0.15, 0.2) is 15.5 Å². The lowest BCUT2D eigenvalue weighted by Crippen LogP contribution is -2.35. The quantitative estimate of drug-likeness (QED) is 0.364. The zero-order valence-electron chi connectivity index (χ0n) is 20.6. The van der Waals surface area contributed by atoms with Gasteiger partial charge in [0.25, 0.3) is 0 Å². The van der Waals surface area contributed by atoms with Crippen molar-refractivity contribution in [1.82, 2.24) is 19.5 Å². The van der Waals surface area contributed by atoms with Gasteiger partial charge in [0, 0.05) is 42.9 Å². The van der Waals surface area contributed by atoms with E-state index < -0.39 is 9.84 Å². The van der Waals surface area contributed by atoms with Gasteiger partial charge >= 0.3 is 0 Å². The molecule has 1 saturated carbocycles. The van der Waals surface area contributed by atoms with Crippen LogP contribution in [0.5, 0.6) is 5.75 Å². The molecule has 2 aromatic heterocycles. The number of benzene rings is 2. The Morgan fingerprint density at radius 1 is 1.06 bits per heavy atom. The minimum atomic E-state index is -3.29. The number of fused-ring (bicyclic) bond motifs is 1. The molecule has 0 radical (unpaired) electrons. The van der Waals surface area contributed by atoms with Crippen molar-refractivity contribution in [2.24, 2.45) is 5.92 Å². The average molecular weight is 503 g/mol. The Hall–Kier alpha value is -3.23. The van der Waals surface area contributed by atoms with E-state index in [2.05, 4.69) is 34.0 Å². The van der Waals surface area contributed by atoms with Crippen molar-refractivity contribution in [3.8, 4) is 28.0 Å². The molecule has 8 heteroatoms. The van der Waals surface area contributed by atoms with Crippen molar-refractivity contribution in [2.45, 2.75) is 36.7 Å². The van der Waals surface area contributed by atoms with E-state index in [1.165, 1.54) is 25.8 Å². The summed E-state index contributed by atoms with van der Waals surface area (Å²) in [4.78, 5) is 7.48. The predicted octanol–water partition coefficient (Wildman–Crippen LogP) is 4.72. The van der Waals surface area contributed by atoms with Gasteiger partial charge in [-0.15, -0.1) is 0 Å². The van der Waals surface area contributed by atoms with Crippen LogP contribution in [0.2, 0.25) is 0 Å². The van der Waals surface area contributed by atoms with E-state index in [4.69, 9.17) is 4.74 Å². The van der Waals surface area contributed by atoms with E-state index in [-0.39, 0.29) is 10.5 Å². The van der Waals surface area contributed by atoms with E-state index in [0.717, 1.165) is 53.3 Å². The second kappa shape index (κ2) is 8.71. The largest absolute Gasteiger partial charge is 0.486 e. The third kappa shape index (κ3) is 4.63. The first kappa shape index (κ1) is 23.2. The first-order valence-electron chi connectivity index (χ1n) is 12.4. The van der Waals surface area contributed by atoms with Crippen LogP contribution in [0.1, 0.15) is 26.2 Å². The molecule has 36 heavy (non-hydrogen) atoms. The molecular formula is C28H30N4O3S. The zero-order chi connectivity index (χ0) is 24.9. The van der Waals surface area contributed by atoms with Crippen LogP contribution in [0.4, 0.5) is 0 Å². The molecule has 0 amide bonds. The van der Waals surface area contributed by atoms with Crippen molar-refractivity contribution in [3.63, 3.8) is 0 Å². The van der Waals surface area contributed by atoms with Crippen molar-refractivity contribution >= 4 is 15.5 Å². The third-order valence-corrected chi connectivity index (χ3v) is 8.39. The Morgan fingerprint density at radius 2 is 1.86 bits per heavy atom. The van der Waals surface area contributed by atoms with E-state index in [9.17, 15) is 8.42 Å². The highest BCUT2D eigenvalue weighted by molar-refractivity contribution is 7.90. The number of hydrogen-bond acceptors (Lipinski definition) is 6. The summed E-state index contributed by atoms with van der Waals surface area (Å²) >= 11 is 0. The summed E-state index contributed by atoms with van der Waals surface area (Å²) in [6.07, 6.45) is 10.2. The summed E-state index contributed by atoms with van der Waals surface area (Å²) in [7, 11) is -3.29. The predicted molar refractivity (Wildman–Crippen MR) is 140 cm³/mol. The summed E-state index contributed by atoms with van der Waals surface area (Å²) in [6, 6.07) is 15.1. The first-order valence-corrected chi connectivity index (χ1v) is 14.3. The summed E-state index contributed by atoms with van der Waals surface area (Å²) in [6.45, 7) is 5.71. The summed E-state index contributed by atoms with van der Waals surface area (Å²) < 4.78 is 32.1. The monoisotopic (exact) mass is 502 g/mol. The molecule has 7 nitrogen and oxygen atoms in total. The van der Waals surface area contributed by atoms with E-state index in [1.54, 1.807) is 28.9 Å². The number of hydrogen-bond donors (Lipinski definition) is 0. The van der Waals surface area contributed by atoms with Gasteiger partial charge in [0.1, 0.15) is 11.4 Å². The third-order valence-electron chi connectivity index (χ3n) is 7.28. The topological polar surface area (TPSA) is 76.8 Å². The minimum Gasteiger partial charge on any atom is -0.486 e. The summed E-state index contributed by atoms with van der Waals surface area (Å²) in [5.74, 6) is 1.69. The molecule has 0 unspecified atom stereocenters. The molecule has 1 atom stereocenters. The Bertz CT molecular complexity index is 1520. The number of nitrogens with zero attached hydrogens (tertiary/aromatic N) is 4. The maximum Gasteiger partial charge on any atom is 0.175 e. The molecule has 2 aliphatic rings. The van der Waals surface area contributed by atoms with Crippen molar-refractivity contribution in [3.05, 3.63) is 67.1 Å². The molecule has 2 fully saturated rings. The number of ether oxygens (including phenoxy) is 1. The van der Waals surface area contributed by atoms with Gasteiger partial charge in [0.05, 0.1) is 11.1 Å². The highest BCUT2D eigenvalue weighted by atomic mass is 32.2. The molecule has 4 aromatic rings. The lowest BCUT2D eigenvalue weighted by atomic mass is 10.1. The molecule has 1 aliphatic heterocycles. The lowest BCUT2D eigenvalue weighted by Gasteiger charge is -2.24. The van der Waals surface area contributed by atoms with Crippen LogP contribution in [-0.2, 0) is 9.84 Å². The maximum atomic E-state index is 12.0. The SMILES string of the molecule is C[C@H]1CCN(CC2(Oc3ccc(-c4cnc5c(-c6cccc(S(C)(=O)=O)c6)cnn5c4)cc3)CC2)C1. The molecule has 1 aliphatic carbocycles. The van der Waals surface area contributed by atoms with Crippen LogP contribution >= 0.6 is 0 Å². The van der Waals surface area contributed by atoms with Crippen molar-refractivity contribution < 1.29 is 13.2 Å². The Labute approximate surface area is 211 Å². The number of sulfone groups is 1. The smallest absolute Gasteiger partial charge is 0.175 e. The highest BCUT2D eigenvalue weighted by Gasteiger charge is 2.47. The molecule has 0 N–H and O–H groups in total. The zero-order valence-corrected chi connectivity index (χ0v) is 21.4. The highest BCUT2D eigenvalue weighted by Crippen LogP contribution is 2.42. The van der Waals surface area contributed by atoms with E-state index in [0.29, 0.717) is 5.65 Å². The fourth-order valence-corrected chi connectivity index (χ4v) is 5.76. The summed E-state index contributed by atoms with van der Waals surface area (Å²) in [5.41, 5.74) is 4.19. The normalized spacial score (nSPS) is 19.6. The van der Waals surface area contributed by atoms with Gasteiger partial charge in [-0.25, -0.2) is 17.9 Å². The Morgan fingerprint density at radius 3 is 2.56 bits per heavy atom. The fourth-order valence-electron chi connectivity index (χ4n) is 5.10.